The summed E-state index contributed by atoms with van der Waals surface area (Å²) in [7, 11) is -0.880. The van der Waals surface area contributed by atoms with Crippen molar-refractivity contribution in [3.8, 4) is 0 Å². The fraction of sp³-hybridized carbons (Fsp3) is 1.00. The van der Waals surface area contributed by atoms with Crippen LogP contribution < -0.4 is 0 Å². The van der Waals surface area contributed by atoms with Crippen LogP contribution in [0.1, 0.15) is 45.4 Å². The number of unbranched alkanes of at least 4 members (excludes halogenated alkanes) is 1. The van der Waals surface area contributed by atoms with Gasteiger partial charge in [-0.1, -0.05) is 44.9 Å². The largest absolute Gasteiger partial charge is 0.353 e. The van der Waals surface area contributed by atoms with Gasteiger partial charge in [-0.3, -0.25) is 0 Å². The molecule has 0 spiro atoms. The monoisotopic (exact) mass is 258 g/mol. The van der Waals surface area contributed by atoms with Crippen LogP contribution in [0.5, 0.6) is 0 Å². The second-order valence-electron chi connectivity index (χ2n) is 6.04. The fourth-order valence-electron chi connectivity index (χ4n) is 2.56. The first-order chi connectivity index (χ1) is 8.14. The van der Waals surface area contributed by atoms with Crippen LogP contribution in [0.3, 0.4) is 0 Å². The molecule has 0 bridgehead atoms. The molecule has 1 atom stereocenters. The quantitative estimate of drug-likeness (QED) is 0.474. The van der Waals surface area contributed by atoms with E-state index in [4.69, 9.17) is 9.47 Å². The molecule has 1 heterocycles. The van der Waals surface area contributed by atoms with Crippen molar-refractivity contribution in [2.24, 2.45) is 0 Å². The van der Waals surface area contributed by atoms with Crippen LogP contribution in [-0.4, -0.2) is 27.6 Å². The first-order valence-electron chi connectivity index (χ1n) is 7.37. The Kier molecular flexibility index (Phi) is 7.40. The average molecular weight is 258 g/mol. The molecule has 0 N–H and O–H groups in total. The second-order valence-corrected chi connectivity index (χ2v) is 11.4. The van der Waals surface area contributed by atoms with Gasteiger partial charge in [0.05, 0.1) is 0 Å². The first kappa shape index (κ1) is 15.2. The molecule has 0 aromatic carbocycles. The lowest BCUT2D eigenvalue weighted by atomic mass is 10.2. The summed E-state index contributed by atoms with van der Waals surface area (Å²) in [5, 5.41) is 0. The summed E-state index contributed by atoms with van der Waals surface area (Å²) >= 11 is 0. The summed E-state index contributed by atoms with van der Waals surface area (Å²) in [5.41, 5.74) is 0. The van der Waals surface area contributed by atoms with E-state index in [1.54, 1.807) is 0 Å². The molecule has 1 saturated heterocycles. The fourth-order valence-corrected chi connectivity index (χ4v) is 5.38. The van der Waals surface area contributed by atoms with Crippen molar-refractivity contribution in [1.29, 1.82) is 0 Å². The summed E-state index contributed by atoms with van der Waals surface area (Å²) < 4.78 is 11.3. The summed E-state index contributed by atoms with van der Waals surface area (Å²) in [6, 6.07) is 2.93. The normalized spacial score (nSPS) is 21.7. The average Bonchev–Trinajstić information content (AvgIpc) is 2.30. The van der Waals surface area contributed by atoms with E-state index in [-0.39, 0.29) is 6.29 Å². The highest BCUT2D eigenvalue weighted by molar-refractivity contribution is 6.77. The van der Waals surface area contributed by atoms with Crippen molar-refractivity contribution in [3.05, 3.63) is 0 Å². The highest BCUT2D eigenvalue weighted by Gasteiger charge is 2.18. The summed E-state index contributed by atoms with van der Waals surface area (Å²) in [6.45, 7) is 9.11. The SMILES string of the molecule is CCC[Si](C)(C)CCCCOC1CCCCO1. The lowest BCUT2D eigenvalue weighted by Crippen LogP contribution is -2.25. The van der Waals surface area contributed by atoms with Crippen LogP contribution in [-0.2, 0) is 9.47 Å². The molecule has 0 aliphatic carbocycles. The van der Waals surface area contributed by atoms with Gasteiger partial charge in [0.15, 0.2) is 6.29 Å². The molecule has 0 aromatic heterocycles. The maximum Gasteiger partial charge on any atom is 0.157 e. The molecule has 1 rings (SSSR count). The van der Waals surface area contributed by atoms with E-state index in [0.29, 0.717) is 0 Å². The molecule has 0 amide bonds. The van der Waals surface area contributed by atoms with Gasteiger partial charge in [-0.15, -0.1) is 0 Å². The van der Waals surface area contributed by atoms with Gasteiger partial charge in [0, 0.05) is 21.3 Å². The van der Waals surface area contributed by atoms with Gasteiger partial charge in [-0.05, 0) is 25.7 Å². The molecule has 0 aromatic rings. The molecular weight excluding hydrogens is 228 g/mol. The van der Waals surface area contributed by atoms with Crippen LogP contribution in [0.15, 0.2) is 0 Å². The molecule has 0 radical (unpaired) electrons. The molecule has 1 unspecified atom stereocenters. The van der Waals surface area contributed by atoms with Gasteiger partial charge in [-0.25, -0.2) is 0 Å². The Bertz CT molecular complexity index is 189. The van der Waals surface area contributed by atoms with Gasteiger partial charge >= 0.3 is 0 Å². The van der Waals surface area contributed by atoms with E-state index in [1.165, 1.54) is 44.2 Å². The molecule has 102 valence electrons. The molecule has 1 aliphatic heterocycles. The number of rotatable bonds is 8. The minimum absolute atomic E-state index is 0.102. The van der Waals surface area contributed by atoms with Gasteiger partial charge in [0.2, 0.25) is 0 Å². The van der Waals surface area contributed by atoms with Crippen molar-refractivity contribution in [3.63, 3.8) is 0 Å². The van der Waals surface area contributed by atoms with Gasteiger partial charge in [0.25, 0.3) is 0 Å². The third-order valence-corrected chi connectivity index (χ3v) is 7.18. The van der Waals surface area contributed by atoms with E-state index >= 15 is 0 Å². The smallest absolute Gasteiger partial charge is 0.157 e. The summed E-state index contributed by atoms with van der Waals surface area (Å²) in [6.07, 6.45) is 7.57. The Morgan fingerprint density at radius 2 is 2.00 bits per heavy atom. The van der Waals surface area contributed by atoms with Crippen LogP contribution >= 0.6 is 0 Å². The minimum atomic E-state index is -0.880. The van der Waals surface area contributed by atoms with E-state index in [1.807, 2.05) is 0 Å². The molecule has 17 heavy (non-hydrogen) atoms. The van der Waals surface area contributed by atoms with Crippen molar-refractivity contribution < 1.29 is 9.47 Å². The van der Waals surface area contributed by atoms with Crippen molar-refractivity contribution >= 4 is 8.07 Å². The predicted octanol–water partition coefficient (Wildman–Crippen LogP) is 4.43. The Hall–Kier alpha value is 0.137. The van der Waals surface area contributed by atoms with E-state index in [0.717, 1.165) is 19.6 Å². The minimum Gasteiger partial charge on any atom is -0.353 e. The zero-order valence-corrected chi connectivity index (χ0v) is 13.0. The number of ether oxygens (including phenoxy) is 2. The Morgan fingerprint density at radius 3 is 2.65 bits per heavy atom. The third kappa shape index (κ3) is 7.22. The molecular formula is C14H30O2Si. The molecule has 0 saturated carbocycles. The van der Waals surface area contributed by atoms with Crippen LogP contribution in [0.2, 0.25) is 25.2 Å². The van der Waals surface area contributed by atoms with E-state index in [2.05, 4.69) is 20.0 Å². The number of hydrogen-bond acceptors (Lipinski definition) is 2. The van der Waals surface area contributed by atoms with Crippen LogP contribution in [0, 0.1) is 0 Å². The number of hydrogen-bond donors (Lipinski definition) is 0. The lowest BCUT2D eigenvalue weighted by Gasteiger charge is -2.23. The Balaban J connectivity index is 1.96. The van der Waals surface area contributed by atoms with Gasteiger partial charge in [0.1, 0.15) is 0 Å². The lowest BCUT2D eigenvalue weighted by molar-refractivity contribution is -0.162. The zero-order chi connectivity index (χ0) is 12.6. The van der Waals surface area contributed by atoms with E-state index in [9.17, 15) is 0 Å². The predicted molar refractivity (Wildman–Crippen MR) is 76.2 cm³/mol. The van der Waals surface area contributed by atoms with E-state index < -0.39 is 8.07 Å². The Labute approximate surface area is 108 Å². The summed E-state index contributed by atoms with van der Waals surface area (Å²) in [4.78, 5) is 0. The van der Waals surface area contributed by atoms with Crippen LogP contribution in [0.4, 0.5) is 0 Å². The Morgan fingerprint density at radius 1 is 1.18 bits per heavy atom. The molecule has 1 aliphatic rings. The highest BCUT2D eigenvalue weighted by atomic mass is 28.3. The first-order valence-corrected chi connectivity index (χ1v) is 10.8. The van der Waals surface area contributed by atoms with Gasteiger partial charge < -0.3 is 9.47 Å². The van der Waals surface area contributed by atoms with Crippen LogP contribution in [0.25, 0.3) is 0 Å². The maximum atomic E-state index is 5.75. The molecule has 3 heteroatoms. The standard InChI is InChI=1S/C14H30O2Si/c1-4-12-17(2,3)13-8-7-11-16-14-9-5-6-10-15-14/h14H,4-13H2,1-3H3. The highest BCUT2D eigenvalue weighted by Crippen LogP contribution is 2.20. The molecule has 2 nitrogen and oxygen atoms in total. The maximum absolute atomic E-state index is 5.75. The molecule has 1 fully saturated rings. The van der Waals surface area contributed by atoms with Crippen molar-refractivity contribution in [2.45, 2.75) is 76.9 Å². The third-order valence-electron chi connectivity index (χ3n) is 3.62. The van der Waals surface area contributed by atoms with Gasteiger partial charge in [-0.2, -0.15) is 0 Å². The van der Waals surface area contributed by atoms with Crippen molar-refractivity contribution in [2.75, 3.05) is 13.2 Å². The summed E-state index contributed by atoms with van der Waals surface area (Å²) in [5.74, 6) is 0. The second kappa shape index (κ2) is 8.28. The van der Waals surface area contributed by atoms with Crippen molar-refractivity contribution in [1.82, 2.24) is 0 Å². The zero-order valence-electron chi connectivity index (χ0n) is 12.0. The topological polar surface area (TPSA) is 18.5 Å².